The van der Waals surface area contributed by atoms with Crippen LogP contribution in [0.15, 0.2) is 0 Å². The van der Waals surface area contributed by atoms with Crippen LogP contribution in [0, 0.1) is 0 Å². The molecule has 0 bridgehead atoms. The summed E-state index contributed by atoms with van der Waals surface area (Å²) < 4.78 is 61.5. The first-order valence-corrected chi connectivity index (χ1v) is 17.4. The molecule has 1 heterocycles. The van der Waals surface area contributed by atoms with Crippen LogP contribution in [0.5, 0.6) is 0 Å². The third kappa shape index (κ3) is 3.75. The maximum atomic E-state index is 15.6. The van der Waals surface area contributed by atoms with Gasteiger partial charge >= 0.3 is 18.1 Å². The van der Waals surface area contributed by atoms with E-state index in [1.807, 2.05) is 51.7 Å². The van der Waals surface area contributed by atoms with E-state index in [0.717, 1.165) is 8.68 Å². The minimum atomic E-state index is -5.31. The third-order valence-corrected chi connectivity index (χ3v) is 23.8. The van der Waals surface area contributed by atoms with Crippen molar-refractivity contribution in [3.63, 3.8) is 0 Å². The average molecular weight is 421 g/mol. The molecule has 0 amide bonds. The molecule has 2 N–H and O–H groups in total. The summed E-state index contributed by atoms with van der Waals surface area (Å²) in [6.45, 7) is 18.1. The molecule has 1 saturated heterocycles. The summed E-state index contributed by atoms with van der Waals surface area (Å²) in [5.41, 5.74) is 0. The Kier molecular flexibility index (Phi) is 5.59. The van der Waals surface area contributed by atoms with Gasteiger partial charge in [-0.05, 0) is 10.1 Å². The first-order chi connectivity index (χ1) is 10.2. The summed E-state index contributed by atoms with van der Waals surface area (Å²) in [6.07, 6.45) is 0. The second-order valence-corrected chi connectivity index (χ2v) is 24.1. The number of nitrogens with zero attached hydrogens (tertiary/aromatic N) is 2. The van der Waals surface area contributed by atoms with Gasteiger partial charge in [-0.2, -0.15) is 0 Å². The van der Waals surface area contributed by atoms with E-state index in [0.29, 0.717) is 0 Å². The van der Waals surface area contributed by atoms with Gasteiger partial charge in [0.2, 0.25) is 0 Å². The lowest BCUT2D eigenvalue weighted by atomic mass is 10.2. The van der Waals surface area contributed by atoms with E-state index in [1.165, 1.54) is 0 Å². The van der Waals surface area contributed by atoms with Gasteiger partial charge in [-0.3, -0.25) is 0 Å². The molecule has 24 heavy (non-hydrogen) atoms. The van der Waals surface area contributed by atoms with Crippen LogP contribution in [0.4, 0.5) is 16.4 Å². The fraction of sp³-hybridized carbons (Fsp3) is 1.00. The second kappa shape index (κ2) is 5.97. The van der Waals surface area contributed by atoms with Crippen LogP contribution in [-0.2, 0) is 0 Å². The van der Waals surface area contributed by atoms with Crippen molar-refractivity contribution >= 4 is 34.6 Å². The number of hydrazine groups is 2. The molecular formula is C12H32F4N4Si4. The molecular weight excluding hydrogens is 388 g/mol. The van der Waals surface area contributed by atoms with Gasteiger partial charge in [-0.25, -0.2) is 35.3 Å². The smallest absolute Gasteiger partial charge is 0.237 e. The standard InChI is InChI=1S/C12H32F4N4Si4/c1-11(2,3)21(7,8)19-17-23(13,14)18-20(24(19,15)16)22(9,10)12(4,5)6/h17-18H,1-10H3. The van der Waals surface area contributed by atoms with Gasteiger partial charge in [-0.1, -0.05) is 67.7 Å². The Labute approximate surface area is 148 Å². The number of rotatable bonds is 2. The van der Waals surface area contributed by atoms with Gasteiger partial charge < -0.3 is 0 Å². The van der Waals surface area contributed by atoms with Crippen LogP contribution in [0.25, 0.3) is 0 Å². The molecule has 4 nitrogen and oxygen atoms in total. The number of hydrogen-bond donors (Lipinski definition) is 2. The van der Waals surface area contributed by atoms with E-state index in [-0.39, 0.29) is 0 Å². The quantitative estimate of drug-likeness (QED) is 0.394. The highest BCUT2D eigenvalue weighted by molar-refractivity contribution is 6.95. The van der Waals surface area contributed by atoms with Crippen LogP contribution in [0.2, 0.25) is 36.3 Å². The first-order valence-electron chi connectivity index (χ1n) is 8.10. The van der Waals surface area contributed by atoms with Gasteiger partial charge in [0.25, 0.3) is 0 Å². The van der Waals surface area contributed by atoms with E-state index in [1.54, 1.807) is 26.2 Å². The summed E-state index contributed by atoms with van der Waals surface area (Å²) in [6, 6.07) is 0. The van der Waals surface area contributed by atoms with Crippen LogP contribution in [-0.4, -0.2) is 43.3 Å². The number of halogens is 4. The van der Waals surface area contributed by atoms with Gasteiger partial charge in [0.15, 0.2) is 0 Å². The lowest BCUT2D eigenvalue weighted by Gasteiger charge is -2.58. The normalized spacial score (nSPS) is 24.2. The van der Waals surface area contributed by atoms with Crippen LogP contribution in [0.3, 0.4) is 0 Å². The molecule has 0 aromatic rings. The van der Waals surface area contributed by atoms with Crippen molar-refractivity contribution < 1.29 is 16.4 Å². The van der Waals surface area contributed by atoms with Gasteiger partial charge in [0.05, 0.1) is 0 Å². The maximum absolute atomic E-state index is 15.6. The monoisotopic (exact) mass is 420 g/mol. The summed E-state index contributed by atoms with van der Waals surface area (Å²) in [7, 11) is -16.3. The predicted molar refractivity (Wildman–Crippen MR) is 100 cm³/mol. The van der Waals surface area contributed by atoms with Crippen molar-refractivity contribution in [3.05, 3.63) is 0 Å². The van der Waals surface area contributed by atoms with E-state index < -0.39 is 44.7 Å². The van der Waals surface area contributed by atoms with Crippen LogP contribution in [0.1, 0.15) is 41.5 Å². The summed E-state index contributed by atoms with van der Waals surface area (Å²) in [5.74, 6) is 0. The zero-order chi connectivity index (χ0) is 19.6. The van der Waals surface area contributed by atoms with Gasteiger partial charge in [0, 0.05) is 0 Å². The van der Waals surface area contributed by atoms with Crippen LogP contribution < -0.4 is 10.2 Å². The summed E-state index contributed by atoms with van der Waals surface area (Å²) in [4.78, 5) is 0. The van der Waals surface area contributed by atoms with Crippen molar-refractivity contribution in [2.45, 2.75) is 77.8 Å². The average Bonchev–Trinajstić information content (AvgIpc) is 2.28. The molecule has 144 valence electrons. The Morgan fingerprint density at radius 3 is 1.12 bits per heavy atom. The van der Waals surface area contributed by atoms with Crippen molar-refractivity contribution in [3.8, 4) is 0 Å². The molecule has 0 saturated carbocycles. The zero-order valence-corrected chi connectivity index (χ0v) is 20.4. The SMILES string of the molecule is CC(C)(C)[Si](C)(C)N1N[Si](F)(F)NN([Si](C)(C)C(C)(C)C)[Si]1(F)F. The summed E-state index contributed by atoms with van der Waals surface area (Å²) >= 11 is 0. The lowest BCUT2D eigenvalue weighted by molar-refractivity contribution is 0.223. The Hall–Kier alpha value is 0.428. The van der Waals surface area contributed by atoms with E-state index in [2.05, 4.69) is 0 Å². The van der Waals surface area contributed by atoms with Crippen LogP contribution >= 0.6 is 0 Å². The minimum absolute atomic E-state index is 0.475. The fourth-order valence-electron chi connectivity index (χ4n) is 2.16. The summed E-state index contributed by atoms with van der Waals surface area (Å²) in [5, 5.41) is 2.98. The highest BCUT2D eigenvalue weighted by Gasteiger charge is 2.71. The lowest BCUT2D eigenvalue weighted by Crippen LogP contribution is -2.91. The molecule has 12 heteroatoms. The first kappa shape index (κ1) is 22.5. The van der Waals surface area contributed by atoms with Crippen molar-refractivity contribution in [2.75, 3.05) is 0 Å². The van der Waals surface area contributed by atoms with Gasteiger partial charge in [0.1, 0.15) is 16.5 Å². The largest absolute Gasteiger partial charge is 0.620 e. The topological polar surface area (TPSA) is 30.5 Å². The van der Waals surface area contributed by atoms with E-state index >= 15 is 8.22 Å². The zero-order valence-electron chi connectivity index (χ0n) is 16.4. The molecule has 0 spiro atoms. The highest BCUT2D eigenvalue weighted by Crippen LogP contribution is 2.46. The molecule has 0 atom stereocenters. The molecule has 0 aromatic heterocycles. The molecule has 0 unspecified atom stereocenters. The maximum Gasteiger partial charge on any atom is 0.620 e. The van der Waals surface area contributed by atoms with E-state index in [9.17, 15) is 8.22 Å². The molecule has 1 aliphatic heterocycles. The Morgan fingerprint density at radius 2 is 0.917 bits per heavy atom. The molecule has 1 rings (SSSR count). The molecule has 1 fully saturated rings. The highest BCUT2D eigenvalue weighted by atomic mass is 28.5. The molecule has 0 aromatic carbocycles. The Balaban J connectivity index is 3.50. The molecule has 0 radical (unpaired) electrons. The van der Waals surface area contributed by atoms with Gasteiger partial charge in [-0.15, -0.1) is 0 Å². The Bertz CT molecular complexity index is 448. The van der Waals surface area contributed by atoms with E-state index in [4.69, 9.17) is 0 Å². The van der Waals surface area contributed by atoms with Crippen molar-refractivity contribution in [1.82, 2.24) is 18.9 Å². The third-order valence-electron chi connectivity index (χ3n) is 5.83. The fourth-order valence-corrected chi connectivity index (χ4v) is 17.6. The predicted octanol–water partition coefficient (Wildman–Crippen LogP) is 4.37. The number of hydrogen-bond acceptors (Lipinski definition) is 4. The second-order valence-electron chi connectivity index (χ2n) is 9.60. The van der Waals surface area contributed by atoms with Crippen molar-refractivity contribution in [2.24, 2.45) is 0 Å². The minimum Gasteiger partial charge on any atom is -0.237 e. The number of nitrogens with one attached hydrogen (secondary N) is 2. The molecule has 1 aliphatic rings. The Morgan fingerprint density at radius 1 is 0.667 bits per heavy atom. The molecule has 0 aliphatic carbocycles. The van der Waals surface area contributed by atoms with Crippen molar-refractivity contribution in [1.29, 1.82) is 0 Å².